The minimum absolute atomic E-state index is 0.0117. The largest absolute Gasteiger partial charge is 0.459 e. The highest BCUT2D eigenvalue weighted by atomic mass is 16.7. The van der Waals surface area contributed by atoms with E-state index in [1.54, 1.807) is 12.1 Å². The van der Waals surface area contributed by atoms with Crippen molar-refractivity contribution in [1.82, 2.24) is 0 Å². The first-order chi connectivity index (χ1) is 9.15. The van der Waals surface area contributed by atoms with Crippen molar-refractivity contribution >= 4 is 5.97 Å². The standard InChI is InChI=1S/C16H20O3/c1-15(16(19-15)10-6-3-7-11-16)12-18-14(17)13-8-4-2-5-9-13/h2,4-5,8-9H,3,6-7,10-12H2,1H3. The summed E-state index contributed by atoms with van der Waals surface area (Å²) in [6, 6.07) is 9.12. The van der Waals surface area contributed by atoms with Crippen LogP contribution in [-0.2, 0) is 9.47 Å². The lowest BCUT2D eigenvalue weighted by atomic mass is 9.81. The molecule has 0 N–H and O–H groups in total. The van der Waals surface area contributed by atoms with Crippen molar-refractivity contribution < 1.29 is 14.3 Å². The third-order valence-electron chi connectivity index (χ3n) is 4.49. The summed E-state index contributed by atoms with van der Waals surface area (Å²) in [6.45, 7) is 2.43. The molecule has 1 unspecified atom stereocenters. The zero-order valence-electron chi connectivity index (χ0n) is 11.4. The molecule has 102 valence electrons. The lowest BCUT2D eigenvalue weighted by molar-refractivity contribution is 0.0410. The zero-order valence-corrected chi connectivity index (χ0v) is 11.4. The molecule has 1 aliphatic carbocycles. The van der Waals surface area contributed by atoms with Crippen LogP contribution in [0.3, 0.4) is 0 Å². The van der Waals surface area contributed by atoms with Gasteiger partial charge in [-0.1, -0.05) is 37.5 Å². The van der Waals surface area contributed by atoms with E-state index in [1.165, 1.54) is 19.3 Å². The molecular formula is C16H20O3. The van der Waals surface area contributed by atoms with Crippen LogP contribution < -0.4 is 0 Å². The predicted octanol–water partition coefficient (Wildman–Crippen LogP) is 3.34. The molecule has 1 saturated heterocycles. The fourth-order valence-corrected chi connectivity index (χ4v) is 3.18. The Balaban J connectivity index is 1.57. The smallest absolute Gasteiger partial charge is 0.338 e. The Morgan fingerprint density at radius 1 is 1.21 bits per heavy atom. The molecule has 1 heterocycles. The number of hydrogen-bond donors (Lipinski definition) is 0. The normalized spacial score (nSPS) is 28.1. The van der Waals surface area contributed by atoms with Gasteiger partial charge in [-0.2, -0.15) is 0 Å². The van der Waals surface area contributed by atoms with Crippen molar-refractivity contribution in [2.75, 3.05) is 6.61 Å². The summed E-state index contributed by atoms with van der Waals surface area (Å²) in [4.78, 5) is 11.9. The Hall–Kier alpha value is -1.35. The summed E-state index contributed by atoms with van der Waals surface area (Å²) in [5.74, 6) is -0.261. The van der Waals surface area contributed by atoms with Crippen LogP contribution in [0.2, 0.25) is 0 Å². The van der Waals surface area contributed by atoms with Gasteiger partial charge in [-0.3, -0.25) is 0 Å². The van der Waals surface area contributed by atoms with Crippen LogP contribution in [0.5, 0.6) is 0 Å². The van der Waals surface area contributed by atoms with E-state index in [0.29, 0.717) is 12.2 Å². The Bertz CT molecular complexity index is 462. The van der Waals surface area contributed by atoms with E-state index in [4.69, 9.17) is 9.47 Å². The average Bonchev–Trinajstić information content (AvgIpc) is 3.01. The third kappa shape index (κ3) is 2.27. The van der Waals surface area contributed by atoms with Crippen LogP contribution in [0, 0.1) is 0 Å². The van der Waals surface area contributed by atoms with E-state index < -0.39 is 0 Å². The second-order valence-corrected chi connectivity index (χ2v) is 5.83. The van der Waals surface area contributed by atoms with E-state index in [-0.39, 0.29) is 17.2 Å². The molecule has 1 atom stereocenters. The summed E-state index contributed by atoms with van der Waals surface area (Å²) in [7, 11) is 0. The minimum atomic E-state index is -0.266. The summed E-state index contributed by atoms with van der Waals surface area (Å²) in [5.41, 5.74) is 0.324. The molecular weight excluding hydrogens is 240 g/mol. The van der Waals surface area contributed by atoms with E-state index in [9.17, 15) is 4.79 Å². The maximum atomic E-state index is 11.9. The van der Waals surface area contributed by atoms with Crippen LogP contribution >= 0.6 is 0 Å². The van der Waals surface area contributed by atoms with Gasteiger partial charge in [0, 0.05) is 0 Å². The number of carbonyl (C=O) groups is 1. The van der Waals surface area contributed by atoms with Gasteiger partial charge < -0.3 is 9.47 Å². The molecule has 1 spiro atoms. The summed E-state index contributed by atoms with van der Waals surface area (Å²) in [6.07, 6.45) is 5.95. The van der Waals surface area contributed by atoms with Crippen molar-refractivity contribution in [3.05, 3.63) is 35.9 Å². The van der Waals surface area contributed by atoms with Crippen LogP contribution in [0.25, 0.3) is 0 Å². The summed E-state index contributed by atoms with van der Waals surface area (Å²) in [5, 5.41) is 0. The molecule has 19 heavy (non-hydrogen) atoms. The minimum Gasteiger partial charge on any atom is -0.459 e. The van der Waals surface area contributed by atoms with Gasteiger partial charge in [0.1, 0.15) is 17.8 Å². The highest BCUT2D eigenvalue weighted by Gasteiger charge is 2.66. The van der Waals surface area contributed by atoms with Crippen molar-refractivity contribution in [3.8, 4) is 0 Å². The van der Waals surface area contributed by atoms with Gasteiger partial charge in [0.15, 0.2) is 0 Å². The molecule has 0 aromatic heterocycles. The monoisotopic (exact) mass is 260 g/mol. The van der Waals surface area contributed by atoms with Crippen molar-refractivity contribution in [1.29, 1.82) is 0 Å². The first-order valence-corrected chi connectivity index (χ1v) is 7.08. The molecule has 3 heteroatoms. The lowest BCUT2D eigenvalue weighted by Crippen LogP contribution is -2.31. The van der Waals surface area contributed by atoms with Crippen molar-refractivity contribution in [2.24, 2.45) is 0 Å². The van der Waals surface area contributed by atoms with Crippen molar-refractivity contribution in [2.45, 2.75) is 50.2 Å². The quantitative estimate of drug-likeness (QED) is 0.618. The van der Waals surface area contributed by atoms with Gasteiger partial charge in [-0.05, 0) is 31.9 Å². The number of esters is 1. The van der Waals surface area contributed by atoms with Crippen LogP contribution in [-0.4, -0.2) is 23.8 Å². The second kappa shape index (κ2) is 4.64. The third-order valence-corrected chi connectivity index (χ3v) is 4.49. The number of hydrogen-bond acceptors (Lipinski definition) is 3. The highest BCUT2D eigenvalue weighted by molar-refractivity contribution is 5.89. The Morgan fingerprint density at radius 2 is 1.89 bits per heavy atom. The van der Waals surface area contributed by atoms with Gasteiger partial charge in [0.25, 0.3) is 0 Å². The molecule has 1 aliphatic heterocycles. The van der Waals surface area contributed by atoms with E-state index in [2.05, 4.69) is 6.92 Å². The van der Waals surface area contributed by atoms with Gasteiger partial charge >= 0.3 is 5.97 Å². The van der Waals surface area contributed by atoms with Gasteiger partial charge in [0.05, 0.1) is 5.56 Å². The molecule has 0 bridgehead atoms. The van der Waals surface area contributed by atoms with E-state index in [0.717, 1.165) is 12.8 Å². The van der Waals surface area contributed by atoms with Gasteiger partial charge in [0.2, 0.25) is 0 Å². The molecule has 2 fully saturated rings. The maximum Gasteiger partial charge on any atom is 0.338 e. The Morgan fingerprint density at radius 3 is 2.58 bits per heavy atom. The summed E-state index contributed by atoms with van der Waals surface area (Å²) < 4.78 is 11.4. The number of epoxide rings is 1. The number of benzene rings is 1. The first-order valence-electron chi connectivity index (χ1n) is 7.08. The Labute approximate surface area is 113 Å². The van der Waals surface area contributed by atoms with Crippen molar-refractivity contribution in [3.63, 3.8) is 0 Å². The predicted molar refractivity (Wildman–Crippen MR) is 72.0 cm³/mol. The lowest BCUT2D eigenvalue weighted by Gasteiger charge is -2.21. The molecule has 3 rings (SSSR count). The molecule has 3 nitrogen and oxygen atoms in total. The number of rotatable bonds is 3. The molecule has 1 aromatic rings. The topological polar surface area (TPSA) is 38.8 Å². The van der Waals surface area contributed by atoms with E-state index in [1.807, 2.05) is 18.2 Å². The maximum absolute atomic E-state index is 11.9. The molecule has 1 aromatic carbocycles. The van der Waals surface area contributed by atoms with Crippen LogP contribution in [0.15, 0.2) is 30.3 Å². The van der Waals surface area contributed by atoms with Gasteiger partial charge in [-0.15, -0.1) is 0 Å². The van der Waals surface area contributed by atoms with Crippen LogP contribution in [0.1, 0.15) is 49.4 Å². The van der Waals surface area contributed by atoms with E-state index >= 15 is 0 Å². The SMILES string of the molecule is CC1(COC(=O)c2ccccc2)OC12CCCCC2. The number of carbonyl (C=O) groups excluding carboxylic acids is 1. The fraction of sp³-hybridized carbons (Fsp3) is 0.562. The molecule has 2 aliphatic rings. The summed E-state index contributed by atoms with van der Waals surface area (Å²) >= 11 is 0. The highest BCUT2D eigenvalue weighted by Crippen LogP contribution is 2.56. The fourth-order valence-electron chi connectivity index (χ4n) is 3.18. The Kier molecular flexibility index (Phi) is 3.09. The molecule has 0 radical (unpaired) electrons. The second-order valence-electron chi connectivity index (χ2n) is 5.83. The number of ether oxygens (including phenoxy) is 2. The average molecular weight is 260 g/mol. The zero-order chi connectivity index (χ0) is 13.3. The first kappa shape index (κ1) is 12.7. The van der Waals surface area contributed by atoms with Gasteiger partial charge in [-0.25, -0.2) is 4.79 Å². The molecule has 1 saturated carbocycles. The van der Waals surface area contributed by atoms with Crippen LogP contribution in [0.4, 0.5) is 0 Å². The molecule has 0 amide bonds.